The van der Waals surface area contributed by atoms with Crippen molar-refractivity contribution in [1.29, 1.82) is 0 Å². The molecule has 0 spiro atoms. The Balaban J connectivity index is 2.48. The highest BCUT2D eigenvalue weighted by molar-refractivity contribution is 6.43. The standard InChI is InChI=1S/C10H18Si/c1-8-5-6-9(7-8)11-10(2,3)4/h5-7,9H,11H2,1-4H3. The molecule has 0 radical (unpaired) electrons. The van der Waals surface area contributed by atoms with Gasteiger partial charge in [0.15, 0.2) is 0 Å². The van der Waals surface area contributed by atoms with Crippen molar-refractivity contribution in [2.45, 2.75) is 38.3 Å². The van der Waals surface area contributed by atoms with Crippen LogP contribution in [0.4, 0.5) is 0 Å². The van der Waals surface area contributed by atoms with Gasteiger partial charge in [0.1, 0.15) is 0 Å². The highest BCUT2D eigenvalue weighted by Gasteiger charge is 2.17. The van der Waals surface area contributed by atoms with E-state index in [1.165, 1.54) is 5.57 Å². The van der Waals surface area contributed by atoms with E-state index >= 15 is 0 Å². The van der Waals surface area contributed by atoms with Gasteiger partial charge in [-0.2, -0.15) is 0 Å². The topological polar surface area (TPSA) is 0 Å². The Hall–Kier alpha value is -0.303. The summed E-state index contributed by atoms with van der Waals surface area (Å²) in [6, 6.07) is 0. The summed E-state index contributed by atoms with van der Waals surface area (Å²) >= 11 is 0. The van der Waals surface area contributed by atoms with Crippen molar-refractivity contribution in [2.75, 3.05) is 0 Å². The minimum atomic E-state index is 0.0311. The number of allylic oxidation sites excluding steroid dienone is 4. The summed E-state index contributed by atoms with van der Waals surface area (Å²) in [4.78, 5) is 0. The smallest absolute Gasteiger partial charge is 0.0386 e. The predicted octanol–water partition coefficient (Wildman–Crippen LogP) is 2.68. The molecule has 0 heterocycles. The molecule has 0 saturated heterocycles. The van der Waals surface area contributed by atoms with E-state index in [1.54, 1.807) is 0 Å². The molecule has 11 heavy (non-hydrogen) atoms. The van der Waals surface area contributed by atoms with Gasteiger partial charge in [-0.3, -0.25) is 0 Å². The quantitative estimate of drug-likeness (QED) is 0.525. The van der Waals surface area contributed by atoms with Crippen molar-refractivity contribution >= 4 is 9.52 Å². The largest absolute Gasteiger partial charge is 0.0807 e. The summed E-state index contributed by atoms with van der Waals surface area (Å²) in [7, 11) is 0.0311. The average molecular weight is 166 g/mol. The maximum atomic E-state index is 2.41. The van der Waals surface area contributed by atoms with Crippen LogP contribution in [0, 0.1) is 0 Å². The summed E-state index contributed by atoms with van der Waals surface area (Å²) in [5, 5.41) is 0.593. The van der Waals surface area contributed by atoms with Gasteiger partial charge in [-0.1, -0.05) is 44.6 Å². The SMILES string of the molecule is CC1=CC([SiH2]C(C)(C)C)C=C1. The average Bonchev–Trinajstić information content (AvgIpc) is 2.10. The van der Waals surface area contributed by atoms with Crippen molar-refractivity contribution in [2.24, 2.45) is 0 Å². The molecule has 1 heteroatoms. The molecule has 62 valence electrons. The third-order valence-electron chi connectivity index (χ3n) is 1.93. The van der Waals surface area contributed by atoms with Crippen LogP contribution in [0.3, 0.4) is 0 Å². The van der Waals surface area contributed by atoms with Crippen LogP contribution in [-0.2, 0) is 0 Å². The first-order chi connectivity index (χ1) is 4.97. The van der Waals surface area contributed by atoms with Gasteiger partial charge in [0.2, 0.25) is 0 Å². The molecule has 0 amide bonds. The molecular weight excluding hydrogens is 148 g/mol. The Bertz CT molecular complexity index is 193. The highest BCUT2D eigenvalue weighted by Crippen LogP contribution is 2.30. The predicted molar refractivity (Wildman–Crippen MR) is 54.9 cm³/mol. The van der Waals surface area contributed by atoms with E-state index in [4.69, 9.17) is 0 Å². The van der Waals surface area contributed by atoms with Crippen LogP contribution in [-0.4, -0.2) is 9.52 Å². The van der Waals surface area contributed by atoms with Crippen molar-refractivity contribution in [3.63, 3.8) is 0 Å². The summed E-state index contributed by atoms with van der Waals surface area (Å²) in [5.74, 6) is 0. The highest BCUT2D eigenvalue weighted by atomic mass is 28.2. The first kappa shape index (κ1) is 8.79. The van der Waals surface area contributed by atoms with E-state index in [1.807, 2.05) is 0 Å². The first-order valence-corrected chi connectivity index (χ1v) is 5.86. The molecule has 1 rings (SSSR count). The Morgan fingerprint density at radius 2 is 2.00 bits per heavy atom. The fraction of sp³-hybridized carbons (Fsp3) is 0.600. The first-order valence-electron chi connectivity index (χ1n) is 4.34. The molecule has 1 aliphatic rings. The van der Waals surface area contributed by atoms with E-state index in [2.05, 4.69) is 45.9 Å². The maximum Gasteiger partial charge on any atom is 0.0386 e. The van der Waals surface area contributed by atoms with Gasteiger partial charge in [0.05, 0.1) is 0 Å². The zero-order valence-corrected chi connectivity index (χ0v) is 9.43. The second kappa shape index (κ2) is 2.98. The third kappa shape index (κ3) is 3.06. The summed E-state index contributed by atoms with van der Waals surface area (Å²) in [6.07, 6.45) is 7.04. The number of hydrogen-bond acceptors (Lipinski definition) is 0. The van der Waals surface area contributed by atoms with Crippen LogP contribution in [0.15, 0.2) is 23.8 Å². The van der Waals surface area contributed by atoms with Gasteiger partial charge >= 0.3 is 0 Å². The van der Waals surface area contributed by atoms with Gasteiger partial charge in [-0.05, 0) is 17.5 Å². The van der Waals surface area contributed by atoms with Crippen molar-refractivity contribution in [3.05, 3.63) is 23.8 Å². The lowest BCUT2D eigenvalue weighted by atomic mass is 10.2. The third-order valence-corrected chi connectivity index (χ3v) is 4.14. The van der Waals surface area contributed by atoms with Crippen LogP contribution < -0.4 is 0 Å². The van der Waals surface area contributed by atoms with E-state index < -0.39 is 0 Å². The Kier molecular flexibility index (Phi) is 2.38. The monoisotopic (exact) mass is 166 g/mol. The molecule has 0 aliphatic heterocycles. The van der Waals surface area contributed by atoms with Gasteiger partial charge in [0, 0.05) is 9.52 Å². The molecule has 1 aliphatic carbocycles. The van der Waals surface area contributed by atoms with Gasteiger partial charge < -0.3 is 0 Å². The lowest BCUT2D eigenvalue weighted by molar-refractivity contribution is 0.747. The minimum Gasteiger partial charge on any atom is -0.0807 e. The summed E-state index contributed by atoms with van der Waals surface area (Å²) < 4.78 is 0. The molecule has 1 atom stereocenters. The van der Waals surface area contributed by atoms with E-state index in [-0.39, 0.29) is 9.52 Å². The zero-order chi connectivity index (χ0) is 8.48. The molecule has 1 unspecified atom stereocenters. The molecule has 0 aromatic heterocycles. The Morgan fingerprint density at radius 3 is 2.36 bits per heavy atom. The van der Waals surface area contributed by atoms with Crippen LogP contribution in [0.2, 0.25) is 10.6 Å². The van der Waals surface area contributed by atoms with Crippen LogP contribution in [0.1, 0.15) is 27.7 Å². The maximum absolute atomic E-state index is 2.41. The number of rotatable bonds is 1. The van der Waals surface area contributed by atoms with E-state index in [9.17, 15) is 0 Å². The molecule has 0 aromatic rings. The van der Waals surface area contributed by atoms with Crippen molar-refractivity contribution in [1.82, 2.24) is 0 Å². The molecule has 0 aromatic carbocycles. The van der Waals surface area contributed by atoms with Gasteiger partial charge in [-0.15, -0.1) is 0 Å². The summed E-state index contributed by atoms with van der Waals surface area (Å²) in [6.45, 7) is 9.26. The molecule has 0 nitrogen and oxygen atoms in total. The Labute approximate surface area is 72.2 Å². The van der Waals surface area contributed by atoms with Crippen molar-refractivity contribution < 1.29 is 0 Å². The second-order valence-electron chi connectivity index (χ2n) is 4.70. The van der Waals surface area contributed by atoms with Gasteiger partial charge in [0.25, 0.3) is 0 Å². The molecule has 0 fully saturated rings. The fourth-order valence-electron chi connectivity index (χ4n) is 1.56. The minimum absolute atomic E-state index is 0.0311. The van der Waals surface area contributed by atoms with Crippen LogP contribution >= 0.6 is 0 Å². The lowest BCUT2D eigenvalue weighted by Gasteiger charge is -2.19. The van der Waals surface area contributed by atoms with Crippen LogP contribution in [0.5, 0.6) is 0 Å². The van der Waals surface area contributed by atoms with Gasteiger partial charge in [-0.25, -0.2) is 0 Å². The summed E-state index contributed by atoms with van der Waals surface area (Å²) in [5.41, 5.74) is 2.28. The van der Waals surface area contributed by atoms with E-state index in [0.717, 1.165) is 5.54 Å². The second-order valence-corrected chi connectivity index (χ2v) is 8.17. The Morgan fingerprint density at radius 1 is 1.36 bits per heavy atom. The zero-order valence-electron chi connectivity index (χ0n) is 8.02. The van der Waals surface area contributed by atoms with E-state index in [0.29, 0.717) is 5.04 Å². The number of hydrogen-bond donors (Lipinski definition) is 0. The normalized spacial score (nSPS) is 25.1. The molecule has 0 saturated carbocycles. The lowest BCUT2D eigenvalue weighted by Crippen LogP contribution is -2.11. The van der Waals surface area contributed by atoms with Crippen LogP contribution in [0.25, 0.3) is 0 Å². The van der Waals surface area contributed by atoms with Crippen molar-refractivity contribution in [3.8, 4) is 0 Å². The molecule has 0 N–H and O–H groups in total. The molecular formula is C10H18Si. The molecule has 0 bridgehead atoms. The fourth-order valence-corrected chi connectivity index (χ4v) is 3.73.